The highest BCUT2D eigenvalue weighted by Crippen LogP contribution is 2.32. The first kappa shape index (κ1) is 9.00. The molecule has 0 aliphatic carbocycles. The Morgan fingerprint density at radius 3 is 2.92 bits per heavy atom. The smallest absolute Gasteiger partial charge is 0.0710 e. The van der Waals surface area contributed by atoms with Crippen LogP contribution < -0.4 is 0 Å². The number of hydrogen-bond acceptors (Lipinski definition) is 2. The Morgan fingerprint density at radius 1 is 1.46 bits per heavy atom. The summed E-state index contributed by atoms with van der Waals surface area (Å²) < 4.78 is 1.10. The molecule has 0 aliphatic heterocycles. The number of aliphatic hydroxyl groups is 1. The fourth-order valence-corrected chi connectivity index (χ4v) is 2.74. The lowest BCUT2D eigenvalue weighted by Gasteiger charge is -2.00. The molecule has 2 aromatic rings. The zero-order chi connectivity index (χ0) is 9.42. The van der Waals surface area contributed by atoms with E-state index in [1.165, 1.54) is 4.88 Å². The molecule has 68 valence electrons. The molecule has 0 saturated carbocycles. The van der Waals surface area contributed by atoms with Crippen LogP contribution in [-0.2, 0) is 6.61 Å². The van der Waals surface area contributed by atoms with Gasteiger partial charge < -0.3 is 5.11 Å². The Morgan fingerprint density at radius 2 is 2.23 bits per heavy atom. The van der Waals surface area contributed by atoms with Crippen LogP contribution in [0.3, 0.4) is 0 Å². The Labute approximate surface area is 85.6 Å². The highest BCUT2D eigenvalue weighted by molar-refractivity contribution is 7.19. The molecule has 0 aliphatic rings. The lowest BCUT2D eigenvalue weighted by Crippen LogP contribution is -1.83. The number of rotatable bonds is 1. The van der Waals surface area contributed by atoms with E-state index in [4.69, 9.17) is 16.7 Å². The van der Waals surface area contributed by atoms with Crippen LogP contribution in [0.2, 0.25) is 5.02 Å². The quantitative estimate of drug-likeness (QED) is 0.769. The largest absolute Gasteiger partial charge is 0.392 e. The molecule has 1 aromatic heterocycles. The third kappa shape index (κ3) is 1.46. The summed E-state index contributed by atoms with van der Waals surface area (Å²) in [7, 11) is 0. The number of halogens is 1. The molecule has 0 fully saturated rings. The molecule has 0 atom stereocenters. The van der Waals surface area contributed by atoms with Gasteiger partial charge in [-0.1, -0.05) is 17.7 Å². The summed E-state index contributed by atoms with van der Waals surface area (Å²) in [5.41, 5.74) is 0.845. The summed E-state index contributed by atoms with van der Waals surface area (Å²) in [6.45, 7) is 2.07. The van der Waals surface area contributed by atoms with Gasteiger partial charge in [-0.25, -0.2) is 0 Å². The highest BCUT2D eigenvalue weighted by atomic mass is 35.5. The second-order valence-electron chi connectivity index (χ2n) is 2.96. The standard InChI is InChI=1S/C10H9ClOS/c1-6-4-7-2-3-9(11)8(5-12)10(7)13-6/h2-4,12H,5H2,1H3. The fourth-order valence-electron chi connectivity index (χ4n) is 1.41. The lowest BCUT2D eigenvalue weighted by molar-refractivity contribution is 0.283. The average Bonchev–Trinajstić information content (AvgIpc) is 2.45. The zero-order valence-electron chi connectivity index (χ0n) is 7.17. The van der Waals surface area contributed by atoms with Gasteiger partial charge in [-0.15, -0.1) is 11.3 Å². The van der Waals surface area contributed by atoms with E-state index in [1.807, 2.05) is 12.1 Å². The molecular formula is C10H9ClOS. The molecule has 1 aromatic carbocycles. The van der Waals surface area contributed by atoms with E-state index in [9.17, 15) is 0 Å². The summed E-state index contributed by atoms with van der Waals surface area (Å²) in [4.78, 5) is 1.24. The summed E-state index contributed by atoms with van der Waals surface area (Å²) >= 11 is 7.63. The molecule has 0 unspecified atom stereocenters. The van der Waals surface area contributed by atoms with Crippen molar-refractivity contribution in [2.75, 3.05) is 0 Å². The molecule has 1 nitrogen and oxygen atoms in total. The summed E-state index contributed by atoms with van der Waals surface area (Å²) in [6.07, 6.45) is 0. The number of thiophene rings is 1. The highest BCUT2D eigenvalue weighted by Gasteiger charge is 2.07. The normalized spacial score (nSPS) is 11.0. The van der Waals surface area contributed by atoms with Crippen LogP contribution in [0.15, 0.2) is 18.2 Å². The van der Waals surface area contributed by atoms with Crippen LogP contribution >= 0.6 is 22.9 Å². The van der Waals surface area contributed by atoms with Crippen molar-refractivity contribution in [3.05, 3.63) is 33.7 Å². The van der Waals surface area contributed by atoms with Crippen LogP contribution in [0.1, 0.15) is 10.4 Å². The van der Waals surface area contributed by atoms with Crippen LogP contribution in [-0.4, -0.2) is 5.11 Å². The molecular weight excluding hydrogens is 204 g/mol. The van der Waals surface area contributed by atoms with Gasteiger partial charge in [0.05, 0.1) is 6.61 Å². The number of benzene rings is 1. The van der Waals surface area contributed by atoms with E-state index in [1.54, 1.807) is 11.3 Å². The van der Waals surface area contributed by atoms with Crippen LogP contribution in [0, 0.1) is 6.92 Å². The molecule has 0 saturated heterocycles. The van der Waals surface area contributed by atoms with E-state index in [2.05, 4.69) is 13.0 Å². The maximum Gasteiger partial charge on any atom is 0.0710 e. The first-order chi connectivity index (χ1) is 6.22. The predicted molar refractivity (Wildman–Crippen MR) is 57.5 cm³/mol. The van der Waals surface area contributed by atoms with Crippen molar-refractivity contribution in [2.45, 2.75) is 13.5 Å². The Bertz CT molecular complexity index is 447. The molecule has 0 radical (unpaired) electrons. The summed E-state index contributed by atoms with van der Waals surface area (Å²) in [5, 5.41) is 11.0. The van der Waals surface area contributed by atoms with Crippen LogP contribution in [0.4, 0.5) is 0 Å². The predicted octanol–water partition coefficient (Wildman–Crippen LogP) is 3.36. The van der Waals surface area contributed by atoms with Gasteiger partial charge in [0, 0.05) is 20.2 Å². The van der Waals surface area contributed by atoms with Gasteiger partial charge in [-0.2, -0.15) is 0 Å². The van der Waals surface area contributed by atoms with Gasteiger partial charge in [-0.3, -0.25) is 0 Å². The topological polar surface area (TPSA) is 20.2 Å². The van der Waals surface area contributed by atoms with Crippen molar-refractivity contribution in [3.63, 3.8) is 0 Å². The molecule has 0 bridgehead atoms. The Kier molecular flexibility index (Phi) is 2.28. The first-order valence-corrected chi connectivity index (χ1v) is 5.20. The molecule has 1 N–H and O–H groups in total. The molecule has 0 spiro atoms. The SMILES string of the molecule is Cc1cc2ccc(Cl)c(CO)c2s1. The molecule has 0 amide bonds. The minimum absolute atomic E-state index is 0.0100. The van der Waals surface area contributed by atoms with Crippen molar-refractivity contribution in [2.24, 2.45) is 0 Å². The van der Waals surface area contributed by atoms with Crippen molar-refractivity contribution >= 4 is 33.0 Å². The maximum absolute atomic E-state index is 9.15. The van der Waals surface area contributed by atoms with Crippen LogP contribution in [0.25, 0.3) is 10.1 Å². The second-order valence-corrected chi connectivity index (χ2v) is 4.62. The minimum Gasteiger partial charge on any atom is -0.392 e. The van der Waals surface area contributed by atoms with E-state index < -0.39 is 0 Å². The zero-order valence-corrected chi connectivity index (χ0v) is 8.75. The number of aryl methyl sites for hydroxylation is 1. The molecule has 13 heavy (non-hydrogen) atoms. The van der Waals surface area contributed by atoms with Gasteiger partial charge in [0.25, 0.3) is 0 Å². The number of hydrogen-bond donors (Lipinski definition) is 1. The lowest BCUT2D eigenvalue weighted by atomic mass is 10.2. The third-order valence-corrected chi connectivity index (χ3v) is 3.49. The number of aliphatic hydroxyl groups excluding tert-OH is 1. The van der Waals surface area contributed by atoms with Gasteiger partial charge >= 0.3 is 0 Å². The molecule has 3 heteroatoms. The van der Waals surface area contributed by atoms with Crippen molar-refractivity contribution < 1.29 is 5.11 Å². The summed E-state index contributed by atoms with van der Waals surface area (Å²) in [6, 6.07) is 5.93. The monoisotopic (exact) mass is 212 g/mol. The van der Waals surface area contributed by atoms with E-state index in [-0.39, 0.29) is 6.61 Å². The summed E-state index contributed by atoms with van der Waals surface area (Å²) in [5.74, 6) is 0. The third-order valence-electron chi connectivity index (χ3n) is 2.01. The fraction of sp³-hybridized carbons (Fsp3) is 0.200. The maximum atomic E-state index is 9.15. The number of fused-ring (bicyclic) bond motifs is 1. The second kappa shape index (κ2) is 3.29. The molecule has 2 rings (SSSR count). The van der Waals surface area contributed by atoms with Gasteiger partial charge in [0.1, 0.15) is 0 Å². The van der Waals surface area contributed by atoms with Crippen LogP contribution in [0.5, 0.6) is 0 Å². The van der Waals surface area contributed by atoms with Crippen molar-refractivity contribution in [1.29, 1.82) is 0 Å². The van der Waals surface area contributed by atoms with E-state index in [0.29, 0.717) is 5.02 Å². The van der Waals surface area contributed by atoms with Crippen molar-refractivity contribution in [1.82, 2.24) is 0 Å². The minimum atomic E-state index is 0.0100. The van der Waals surface area contributed by atoms with Crippen molar-refractivity contribution in [3.8, 4) is 0 Å². The first-order valence-electron chi connectivity index (χ1n) is 4.01. The Balaban J connectivity index is 2.82. The van der Waals surface area contributed by atoms with E-state index in [0.717, 1.165) is 15.6 Å². The van der Waals surface area contributed by atoms with E-state index >= 15 is 0 Å². The van der Waals surface area contributed by atoms with Gasteiger partial charge in [-0.05, 0) is 24.4 Å². The van der Waals surface area contributed by atoms with Gasteiger partial charge in [0.2, 0.25) is 0 Å². The average molecular weight is 213 g/mol. The van der Waals surface area contributed by atoms with Gasteiger partial charge in [0.15, 0.2) is 0 Å². The molecule has 1 heterocycles. The Hall–Kier alpha value is -0.570.